The van der Waals surface area contributed by atoms with E-state index in [9.17, 15) is 23.8 Å². The molecule has 0 saturated heterocycles. The Balaban J connectivity index is 4.42. The van der Waals surface area contributed by atoms with Crippen LogP contribution in [0.5, 0.6) is 0 Å². The van der Waals surface area contributed by atoms with Crippen LogP contribution in [0, 0.1) is 0 Å². The van der Waals surface area contributed by atoms with Crippen molar-refractivity contribution >= 4 is 25.5 Å². The number of rotatable bonds is 41. The van der Waals surface area contributed by atoms with Gasteiger partial charge in [0, 0.05) is 19.3 Å². The molecule has 0 spiro atoms. The second kappa shape index (κ2) is 38.1. The number of hydrogen-bond acceptors (Lipinski definition) is 9. The summed E-state index contributed by atoms with van der Waals surface area (Å²) in [6.07, 6.45) is 38.4. The van der Waals surface area contributed by atoms with Crippen molar-refractivity contribution in [2.45, 2.75) is 193 Å². The number of likely N-dealkylation sites (N-methyl/N-ethyl adjacent to an activating group) is 1. The van der Waals surface area contributed by atoms with Gasteiger partial charge in [-0.3, -0.25) is 18.9 Å². The summed E-state index contributed by atoms with van der Waals surface area (Å²) < 4.78 is 33.8. The molecule has 332 valence electrons. The molecule has 0 aliphatic rings. The molecular formula is C46H84NO9P. The smallest absolute Gasteiger partial charge is 0.306 e. The maximum absolute atomic E-state index is 12.7. The predicted octanol–water partition coefficient (Wildman–Crippen LogP) is 11.5. The molecule has 10 nitrogen and oxygen atoms in total. The molecule has 0 N–H and O–H groups in total. The third-order valence-electron chi connectivity index (χ3n) is 9.61. The molecule has 0 bridgehead atoms. The molecule has 57 heavy (non-hydrogen) atoms. The van der Waals surface area contributed by atoms with E-state index in [0.717, 1.165) is 57.8 Å². The summed E-state index contributed by atoms with van der Waals surface area (Å²) >= 11 is 0. The number of carbonyl (C=O) groups excluding carboxylic acids is 3. The van der Waals surface area contributed by atoms with Gasteiger partial charge in [0.1, 0.15) is 19.8 Å². The van der Waals surface area contributed by atoms with Gasteiger partial charge in [-0.25, -0.2) is 0 Å². The predicted molar refractivity (Wildman–Crippen MR) is 232 cm³/mol. The monoisotopic (exact) mass is 826 g/mol. The van der Waals surface area contributed by atoms with Gasteiger partial charge >= 0.3 is 11.9 Å². The number of phosphoric acid groups is 1. The van der Waals surface area contributed by atoms with Gasteiger partial charge in [-0.2, -0.15) is 0 Å². The van der Waals surface area contributed by atoms with Crippen molar-refractivity contribution in [3.8, 4) is 0 Å². The minimum absolute atomic E-state index is 0.0538. The number of ether oxygens (including phenoxy) is 2. The van der Waals surface area contributed by atoms with E-state index in [0.29, 0.717) is 30.3 Å². The number of allylic oxidation sites excluding steroid dienone is 6. The molecule has 0 fully saturated rings. The molecule has 0 saturated carbocycles. The summed E-state index contributed by atoms with van der Waals surface area (Å²) in [7, 11) is 1.09. The first kappa shape index (κ1) is 54.9. The molecule has 1 unspecified atom stereocenters. The summed E-state index contributed by atoms with van der Waals surface area (Å²) in [6, 6.07) is 0. The fraction of sp³-hybridized carbons (Fsp3) is 0.804. The van der Waals surface area contributed by atoms with Crippen molar-refractivity contribution in [1.29, 1.82) is 0 Å². The molecular weight excluding hydrogens is 741 g/mol. The van der Waals surface area contributed by atoms with Crippen molar-refractivity contribution in [2.24, 2.45) is 0 Å². The highest BCUT2D eigenvalue weighted by Gasteiger charge is 2.21. The van der Waals surface area contributed by atoms with Gasteiger partial charge in [-0.1, -0.05) is 141 Å². The first-order chi connectivity index (χ1) is 27.4. The third kappa shape index (κ3) is 41.8. The fourth-order valence-corrected chi connectivity index (χ4v) is 6.71. The zero-order valence-corrected chi connectivity index (χ0v) is 37.9. The van der Waals surface area contributed by atoms with Crippen molar-refractivity contribution in [1.82, 2.24) is 0 Å². The van der Waals surface area contributed by atoms with Crippen LogP contribution in [-0.4, -0.2) is 75.8 Å². The van der Waals surface area contributed by atoms with E-state index in [4.69, 9.17) is 18.5 Å². The highest BCUT2D eigenvalue weighted by atomic mass is 31.2. The van der Waals surface area contributed by atoms with E-state index in [2.05, 4.69) is 32.1 Å². The zero-order valence-electron chi connectivity index (χ0n) is 37.0. The molecule has 0 amide bonds. The Hall–Kier alpha value is -2.10. The highest BCUT2D eigenvalue weighted by molar-refractivity contribution is 7.45. The van der Waals surface area contributed by atoms with Crippen molar-refractivity contribution < 1.29 is 46.8 Å². The van der Waals surface area contributed by atoms with E-state index >= 15 is 0 Å². The molecule has 0 aromatic rings. The van der Waals surface area contributed by atoms with Gasteiger partial charge in [0.2, 0.25) is 0 Å². The average Bonchev–Trinajstić information content (AvgIpc) is 3.15. The van der Waals surface area contributed by atoms with Gasteiger partial charge in [-0.05, 0) is 63.9 Å². The van der Waals surface area contributed by atoms with E-state index in [1.807, 2.05) is 33.3 Å². The van der Waals surface area contributed by atoms with Crippen LogP contribution in [0.15, 0.2) is 36.5 Å². The van der Waals surface area contributed by atoms with Crippen LogP contribution < -0.4 is 4.89 Å². The molecule has 0 aliphatic heterocycles. The molecule has 0 aromatic heterocycles. The Morgan fingerprint density at radius 2 is 1.05 bits per heavy atom. The average molecular weight is 826 g/mol. The zero-order chi connectivity index (χ0) is 42.3. The minimum atomic E-state index is -4.66. The standard InChI is InChI=1S/C46H84NO9P/c1-6-8-10-12-14-15-16-17-18-19-20-21-22-23-25-29-33-37-45(49)53-41-44(42-55-57(51,52)54-40-39-47(3,4)5)56-46(50)38-34-30-26-28-32-36-43(48)35-31-27-24-13-11-9-7-2/h17-18,24,27,31,35,44H,6-16,19-23,25-26,28-30,32-34,36-42H2,1-5H3/b18-17-,27-24-,35-31+/t44-/m1/s1. The minimum Gasteiger partial charge on any atom is -0.756 e. The summed E-state index contributed by atoms with van der Waals surface area (Å²) in [5, 5.41) is 0. The van der Waals surface area contributed by atoms with Crippen molar-refractivity contribution in [3.05, 3.63) is 36.5 Å². The van der Waals surface area contributed by atoms with E-state index in [-0.39, 0.29) is 31.8 Å². The number of hydrogen-bond donors (Lipinski definition) is 0. The normalized spacial score (nSPS) is 13.8. The second-order valence-electron chi connectivity index (χ2n) is 16.4. The number of esters is 2. The first-order valence-corrected chi connectivity index (χ1v) is 24.1. The number of quaternary nitrogens is 1. The van der Waals surface area contributed by atoms with Crippen LogP contribution in [0.1, 0.15) is 187 Å². The van der Waals surface area contributed by atoms with Gasteiger partial charge in [0.05, 0.1) is 27.7 Å². The van der Waals surface area contributed by atoms with E-state index < -0.39 is 32.5 Å². The lowest BCUT2D eigenvalue weighted by atomic mass is 10.1. The molecule has 11 heteroatoms. The largest absolute Gasteiger partial charge is 0.756 e. The lowest BCUT2D eigenvalue weighted by Crippen LogP contribution is -2.37. The first-order valence-electron chi connectivity index (χ1n) is 22.6. The van der Waals surface area contributed by atoms with Gasteiger partial charge < -0.3 is 27.9 Å². The number of ketones is 1. The number of phosphoric ester groups is 1. The maximum Gasteiger partial charge on any atom is 0.306 e. The van der Waals surface area contributed by atoms with Crippen LogP contribution in [0.4, 0.5) is 0 Å². The lowest BCUT2D eigenvalue weighted by Gasteiger charge is -2.28. The Morgan fingerprint density at radius 3 is 1.63 bits per heavy atom. The van der Waals surface area contributed by atoms with Crippen LogP contribution in [0.3, 0.4) is 0 Å². The van der Waals surface area contributed by atoms with E-state index in [1.54, 1.807) is 6.08 Å². The summed E-state index contributed by atoms with van der Waals surface area (Å²) in [4.78, 5) is 49.6. The molecule has 0 aromatic carbocycles. The van der Waals surface area contributed by atoms with Crippen LogP contribution in [0.25, 0.3) is 0 Å². The van der Waals surface area contributed by atoms with E-state index in [1.165, 1.54) is 83.5 Å². The molecule has 0 radical (unpaired) electrons. The number of carbonyl (C=O) groups is 3. The Labute approximate surface area is 348 Å². The van der Waals surface area contributed by atoms with Crippen molar-refractivity contribution in [2.75, 3.05) is 47.5 Å². The van der Waals surface area contributed by atoms with Crippen LogP contribution in [-0.2, 0) is 37.5 Å². The third-order valence-corrected chi connectivity index (χ3v) is 10.6. The summed E-state index contributed by atoms with van der Waals surface area (Å²) in [5.41, 5.74) is 0. The second-order valence-corrected chi connectivity index (χ2v) is 17.9. The molecule has 0 heterocycles. The Bertz CT molecular complexity index is 1130. The SMILES string of the molecule is CCCCC/C=C\C=C\C(=O)CCCCCCCC(=O)O[C@H](COC(=O)CCCCCCCCC/C=C\CCCCCCCC)COP(=O)([O-])OCC[N+](C)(C)C. The topological polar surface area (TPSA) is 128 Å². The molecule has 0 rings (SSSR count). The van der Waals surface area contributed by atoms with Gasteiger partial charge in [0.25, 0.3) is 7.82 Å². The van der Waals surface area contributed by atoms with Crippen molar-refractivity contribution in [3.63, 3.8) is 0 Å². The van der Waals surface area contributed by atoms with Gasteiger partial charge in [-0.15, -0.1) is 0 Å². The molecule has 2 atom stereocenters. The Kier molecular flexibility index (Phi) is 36.7. The number of unbranched alkanes of at least 4 members (excludes halogenated alkanes) is 20. The highest BCUT2D eigenvalue weighted by Crippen LogP contribution is 2.38. The fourth-order valence-electron chi connectivity index (χ4n) is 5.98. The Morgan fingerprint density at radius 1 is 0.579 bits per heavy atom. The maximum atomic E-state index is 12.7. The van der Waals surface area contributed by atoms with Crippen LogP contribution >= 0.6 is 7.82 Å². The lowest BCUT2D eigenvalue weighted by molar-refractivity contribution is -0.870. The summed E-state index contributed by atoms with van der Waals surface area (Å²) in [5.74, 6) is -0.815. The van der Waals surface area contributed by atoms with Crippen LogP contribution in [0.2, 0.25) is 0 Å². The molecule has 0 aliphatic carbocycles. The number of nitrogens with zero attached hydrogens (tertiary/aromatic N) is 1. The summed E-state index contributed by atoms with van der Waals surface area (Å²) in [6.45, 7) is 4.03. The van der Waals surface area contributed by atoms with Gasteiger partial charge in [0.15, 0.2) is 11.9 Å². The quantitative estimate of drug-likeness (QED) is 0.0112.